The Labute approximate surface area is 76.9 Å². The van der Waals surface area contributed by atoms with Crippen molar-refractivity contribution in [2.24, 2.45) is 12.8 Å². The molecule has 1 aliphatic heterocycles. The van der Waals surface area contributed by atoms with Crippen LogP contribution in [-0.2, 0) is 11.8 Å². The highest BCUT2D eigenvalue weighted by Gasteiger charge is 2.30. The SMILES string of the molecule is Cc1nc(C2COCC2N)n(C)n1. The minimum Gasteiger partial charge on any atom is -0.379 e. The summed E-state index contributed by atoms with van der Waals surface area (Å²) in [5, 5.41) is 4.18. The van der Waals surface area contributed by atoms with E-state index in [0.717, 1.165) is 11.6 Å². The molecule has 2 unspecified atom stereocenters. The zero-order valence-corrected chi connectivity index (χ0v) is 7.90. The molecule has 0 aliphatic carbocycles. The van der Waals surface area contributed by atoms with Gasteiger partial charge in [0, 0.05) is 13.1 Å². The Kier molecular flexibility index (Phi) is 2.05. The third kappa shape index (κ3) is 1.45. The molecule has 2 heterocycles. The van der Waals surface area contributed by atoms with Crippen LogP contribution in [0.3, 0.4) is 0 Å². The standard InChI is InChI=1S/C8H14N4O/c1-5-10-8(12(2)11-5)6-3-13-4-7(6)9/h6-7H,3-4,9H2,1-2H3. The molecule has 0 aromatic carbocycles. The Morgan fingerprint density at radius 3 is 2.77 bits per heavy atom. The van der Waals surface area contributed by atoms with Crippen LogP contribution in [-0.4, -0.2) is 34.0 Å². The van der Waals surface area contributed by atoms with Gasteiger partial charge in [0.05, 0.1) is 19.1 Å². The predicted molar refractivity (Wildman–Crippen MR) is 47.3 cm³/mol. The molecule has 0 radical (unpaired) electrons. The largest absolute Gasteiger partial charge is 0.379 e. The molecule has 5 heteroatoms. The number of aromatic nitrogens is 3. The van der Waals surface area contributed by atoms with Crippen molar-refractivity contribution >= 4 is 0 Å². The lowest BCUT2D eigenvalue weighted by Crippen LogP contribution is -2.28. The van der Waals surface area contributed by atoms with Gasteiger partial charge >= 0.3 is 0 Å². The molecule has 2 N–H and O–H groups in total. The van der Waals surface area contributed by atoms with Crippen molar-refractivity contribution in [2.75, 3.05) is 13.2 Å². The lowest BCUT2D eigenvalue weighted by molar-refractivity contribution is 0.190. The molecule has 1 aromatic rings. The molecule has 1 aliphatic rings. The number of hydrogen-bond acceptors (Lipinski definition) is 4. The van der Waals surface area contributed by atoms with Gasteiger partial charge in [-0.25, -0.2) is 4.98 Å². The van der Waals surface area contributed by atoms with Crippen LogP contribution in [0, 0.1) is 6.92 Å². The number of aryl methyl sites for hydroxylation is 2. The van der Waals surface area contributed by atoms with Crippen molar-refractivity contribution < 1.29 is 4.74 Å². The first-order valence-electron chi connectivity index (χ1n) is 4.39. The van der Waals surface area contributed by atoms with Crippen molar-refractivity contribution in [3.63, 3.8) is 0 Å². The summed E-state index contributed by atoms with van der Waals surface area (Å²) in [5.74, 6) is 1.92. The van der Waals surface area contributed by atoms with E-state index >= 15 is 0 Å². The van der Waals surface area contributed by atoms with Crippen LogP contribution in [0.4, 0.5) is 0 Å². The Morgan fingerprint density at radius 1 is 1.54 bits per heavy atom. The van der Waals surface area contributed by atoms with Crippen LogP contribution in [0.25, 0.3) is 0 Å². The monoisotopic (exact) mass is 182 g/mol. The number of hydrogen-bond donors (Lipinski definition) is 1. The van der Waals surface area contributed by atoms with E-state index in [0.29, 0.717) is 13.2 Å². The second-order valence-corrected chi connectivity index (χ2v) is 3.45. The lowest BCUT2D eigenvalue weighted by Gasteiger charge is -2.10. The van der Waals surface area contributed by atoms with Gasteiger partial charge in [-0.2, -0.15) is 5.10 Å². The van der Waals surface area contributed by atoms with Gasteiger partial charge in [-0.1, -0.05) is 0 Å². The highest BCUT2D eigenvalue weighted by atomic mass is 16.5. The average molecular weight is 182 g/mol. The van der Waals surface area contributed by atoms with Gasteiger partial charge in [0.15, 0.2) is 0 Å². The van der Waals surface area contributed by atoms with Crippen molar-refractivity contribution in [1.29, 1.82) is 0 Å². The zero-order valence-electron chi connectivity index (χ0n) is 7.90. The molecule has 13 heavy (non-hydrogen) atoms. The van der Waals surface area contributed by atoms with E-state index in [2.05, 4.69) is 10.1 Å². The fourth-order valence-electron chi connectivity index (χ4n) is 1.69. The number of ether oxygens (including phenoxy) is 1. The normalized spacial score (nSPS) is 28.2. The number of rotatable bonds is 1. The van der Waals surface area contributed by atoms with E-state index < -0.39 is 0 Å². The second-order valence-electron chi connectivity index (χ2n) is 3.45. The first-order chi connectivity index (χ1) is 6.18. The van der Waals surface area contributed by atoms with E-state index in [1.54, 1.807) is 4.68 Å². The quantitative estimate of drug-likeness (QED) is 0.639. The minimum absolute atomic E-state index is 0.0577. The van der Waals surface area contributed by atoms with Gasteiger partial charge in [0.25, 0.3) is 0 Å². The van der Waals surface area contributed by atoms with Crippen molar-refractivity contribution in [1.82, 2.24) is 14.8 Å². The maximum atomic E-state index is 5.88. The third-order valence-corrected chi connectivity index (χ3v) is 2.36. The van der Waals surface area contributed by atoms with Gasteiger partial charge in [-0.3, -0.25) is 4.68 Å². The molecule has 0 saturated carbocycles. The van der Waals surface area contributed by atoms with Crippen LogP contribution < -0.4 is 5.73 Å². The summed E-state index contributed by atoms with van der Waals surface area (Å²) < 4.78 is 7.07. The van der Waals surface area contributed by atoms with Gasteiger partial charge in [0.2, 0.25) is 0 Å². The predicted octanol–water partition coefficient (Wildman–Crippen LogP) is -0.435. The number of nitrogens with two attached hydrogens (primary N) is 1. The third-order valence-electron chi connectivity index (χ3n) is 2.36. The Hall–Kier alpha value is -0.940. The molecular formula is C8H14N4O. The molecule has 0 bridgehead atoms. The lowest BCUT2D eigenvalue weighted by atomic mass is 10.0. The van der Waals surface area contributed by atoms with Gasteiger partial charge in [-0.05, 0) is 6.92 Å². The molecule has 1 fully saturated rings. The summed E-state index contributed by atoms with van der Waals surface area (Å²) >= 11 is 0. The van der Waals surface area contributed by atoms with Crippen LogP contribution >= 0.6 is 0 Å². The van der Waals surface area contributed by atoms with E-state index in [1.807, 2.05) is 14.0 Å². The highest BCUT2D eigenvalue weighted by molar-refractivity contribution is 5.05. The van der Waals surface area contributed by atoms with Gasteiger partial charge in [-0.15, -0.1) is 0 Å². The highest BCUT2D eigenvalue weighted by Crippen LogP contribution is 2.22. The Balaban J connectivity index is 2.28. The maximum Gasteiger partial charge on any atom is 0.147 e. The molecule has 2 atom stereocenters. The summed E-state index contributed by atoms with van der Waals surface area (Å²) in [6, 6.07) is 0.0577. The topological polar surface area (TPSA) is 66.0 Å². The van der Waals surface area contributed by atoms with Crippen LogP contribution in [0.2, 0.25) is 0 Å². The molecule has 0 spiro atoms. The Morgan fingerprint density at radius 2 is 2.31 bits per heavy atom. The molecule has 5 nitrogen and oxygen atoms in total. The fraction of sp³-hybridized carbons (Fsp3) is 0.750. The maximum absolute atomic E-state index is 5.88. The van der Waals surface area contributed by atoms with Crippen LogP contribution in [0.1, 0.15) is 17.6 Å². The minimum atomic E-state index is 0.0577. The fourth-order valence-corrected chi connectivity index (χ4v) is 1.69. The van der Waals surface area contributed by atoms with Crippen LogP contribution in [0.15, 0.2) is 0 Å². The zero-order chi connectivity index (χ0) is 9.42. The number of nitrogens with zero attached hydrogens (tertiary/aromatic N) is 3. The first-order valence-corrected chi connectivity index (χ1v) is 4.39. The summed E-state index contributed by atoms with van der Waals surface area (Å²) in [6.45, 7) is 3.16. The van der Waals surface area contributed by atoms with Crippen molar-refractivity contribution in [3.8, 4) is 0 Å². The molecule has 1 saturated heterocycles. The second kappa shape index (κ2) is 3.08. The van der Waals surface area contributed by atoms with E-state index in [1.165, 1.54) is 0 Å². The molecule has 72 valence electrons. The Bertz CT molecular complexity index is 309. The summed E-state index contributed by atoms with van der Waals surface area (Å²) in [5.41, 5.74) is 5.88. The summed E-state index contributed by atoms with van der Waals surface area (Å²) in [4.78, 5) is 4.33. The van der Waals surface area contributed by atoms with Crippen molar-refractivity contribution in [2.45, 2.75) is 18.9 Å². The van der Waals surface area contributed by atoms with E-state index in [9.17, 15) is 0 Å². The smallest absolute Gasteiger partial charge is 0.147 e. The molecular weight excluding hydrogens is 168 g/mol. The molecule has 0 amide bonds. The molecule has 1 aromatic heterocycles. The van der Waals surface area contributed by atoms with Crippen LogP contribution in [0.5, 0.6) is 0 Å². The summed E-state index contributed by atoms with van der Waals surface area (Å²) in [7, 11) is 1.89. The van der Waals surface area contributed by atoms with E-state index in [4.69, 9.17) is 10.5 Å². The molecule has 2 rings (SSSR count). The van der Waals surface area contributed by atoms with Crippen molar-refractivity contribution in [3.05, 3.63) is 11.6 Å². The van der Waals surface area contributed by atoms with Gasteiger partial charge in [0.1, 0.15) is 11.6 Å². The van der Waals surface area contributed by atoms with Gasteiger partial charge < -0.3 is 10.5 Å². The average Bonchev–Trinajstić information content (AvgIpc) is 2.58. The van der Waals surface area contributed by atoms with E-state index in [-0.39, 0.29) is 12.0 Å². The summed E-state index contributed by atoms with van der Waals surface area (Å²) in [6.07, 6.45) is 0. The first kappa shape index (κ1) is 8.65.